The number of halogens is 6. The number of amides is 1. The van der Waals surface area contributed by atoms with E-state index in [0.717, 1.165) is 17.8 Å². The van der Waals surface area contributed by atoms with E-state index in [2.05, 4.69) is 10.3 Å². The average molecular weight is 599 g/mol. The minimum Gasteiger partial charge on any atom is -0.323 e. The number of pyridine rings is 1. The molecule has 4 rings (SSSR count). The van der Waals surface area contributed by atoms with E-state index >= 15 is 0 Å². The van der Waals surface area contributed by atoms with Gasteiger partial charge in [-0.25, -0.2) is 4.98 Å². The lowest BCUT2D eigenvalue weighted by molar-refractivity contribution is -0.138. The molecular weight excluding hydrogens is 586 g/mol. The van der Waals surface area contributed by atoms with Gasteiger partial charge in [-0.05, 0) is 35.2 Å². The number of hydrogen-bond donors (Lipinski definition) is 1. The fraction of sp³-hybridized carbons (Fsp3) is 0.0800. The van der Waals surface area contributed by atoms with Crippen molar-refractivity contribution in [3.05, 3.63) is 97.8 Å². The first kappa shape index (κ1) is 27.3. The molecule has 188 valence electrons. The quantitative estimate of drug-likeness (QED) is 0.178. The maximum Gasteiger partial charge on any atom is 0.417 e. The fourth-order valence-electron chi connectivity index (χ4n) is 3.32. The number of thioether (sulfide) groups is 1. The number of hydrogen-bond acceptors (Lipinski definition) is 5. The van der Waals surface area contributed by atoms with Gasteiger partial charge in [0.25, 0.3) is 0 Å². The number of nitrogens with zero attached hydrogens (tertiary/aromatic N) is 2. The Morgan fingerprint density at radius 1 is 1.03 bits per heavy atom. The average Bonchev–Trinajstić information content (AvgIpc) is 3.40. The van der Waals surface area contributed by atoms with Gasteiger partial charge in [0, 0.05) is 0 Å². The van der Waals surface area contributed by atoms with Gasteiger partial charge in [-0.15, -0.1) is 11.3 Å². The summed E-state index contributed by atoms with van der Waals surface area (Å²) in [5.74, 6) is -0.614. The molecular formula is C25H13Cl3F3N3OS2. The Kier molecular flexibility index (Phi) is 8.36. The zero-order chi connectivity index (χ0) is 26.7. The Balaban J connectivity index is 1.81. The molecule has 0 aliphatic rings. The zero-order valence-corrected chi connectivity index (χ0v) is 22.2. The number of carbonyl (C=O) groups is 1. The predicted molar refractivity (Wildman–Crippen MR) is 142 cm³/mol. The van der Waals surface area contributed by atoms with Crippen LogP contribution in [0.3, 0.4) is 0 Å². The molecule has 0 aliphatic heterocycles. The van der Waals surface area contributed by atoms with Gasteiger partial charge in [0.1, 0.15) is 16.3 Å². The third-order valence-electron chi connectivity index (χ3n) is 5.01. The molecule has 2 aromatic heterocycles. The first-order chi connectivity index (χ1) is 17.6. The summed E-state index contributed by atoms with van der Waals surface area (Å²) in [7, 11) is 0. The molecule has 1 N–H and O–H groups in total. The Morgan fingerprint density at radius 3 is 2.35 bits per heavy atom. The molecule has 1 amide bonds. The second-order valence-corrected chi connectivity index (χ2v) is 10.7. The first-order valence-corrected chi connectivity index (χ1v) is 13.2. The molecule has 12 heteroatoms. The molecule has 0 spiro atoms. The second-order valence-electron chi connectivity index (χ2n) is 7.47. The van der Waals surface area contributed by atoms with E-state index in [4.69, 9.17) is 34.8 Å². The van der Waals surface area contributed by atoms with Gasteiger partial charge in [-0.2, -0.15) is 18.4 Å². The fourth-order valence-corrected chi connectivity index (χ4v) is 5.71. The number of benzene rings is 2. The highest BCUT2D eigenvalue weighted by Crippen LogP contribution is 2.43. The summed E-state index contributed by atoms with van der Waals surface area (Å²) in [6.07, 6.45) is -4.81. The van der Waals surface area contributed by atoms with Gasteiger partial charge in [0.05, 0.1) is 42.5 Å². The SMILES string of the molecule is N#Cc1c(C(F)(F)F)cc(-c2cccs2)nc1S[C@@H](C(=O)Nc1cc(Cl)c(Cl)cc1Cl)c1ccccc1. The second kappa shape index (κ2) is 11.3. The van der Waals surface area contributed by atoms with Gasteiger partial charge in [-0.1, -0.05) is 83.0 Å². The maximum atomic E-state index is 14.0. The van der Waals surface area contributed by atoms with Crippen LogP contribution in [0.1, 0.15) is 21.9 Å². The highest BCUT2D eigenvalue weighted by Gasteiger charge is 2.37. The number of rotatable bonds is 6. The topological polar surface area (TPSA) is 65.8 Å². The summed E-state index contributed by atoms with van der Waals surface area (Å²) >= 11 is 20.2. The molecule has 37 heavy (non-hydrogen) atoms. The maximum absolute atomic E-state index is 14.0. The largest absolute Gasteiger partial charge is 0.417 e. The smallest absolute Gasteiger partial charge is 0.323 e. The van der Waals surface area contributed by atoms with Crippen LogP contribution < -0.4 is 5.32 Å². The van der Waals surface area contributed by atoms with E-state index in [1.165, 1.54) is 23.5 Å². The molecule has 2 heterocycles. The molecule has 0 unspecified atom stereocenters. The number of thiophene rings is 1. The zero-order valence-electron chi connectivity index (χ0n) is 18.3. The Bertz CT molecular complexity index is 1490. The first-order valence-electron chi connectivity index (χ1n) is 10.3. The Hall–Kier alpha value is -2.74. The van der Waals surface area contributed by atoms with Crippen molar-refractivity contribution in [1.29, 1.82) is 5.26 Å². The predicted octanol–water partition coefficient (Wildman–Crippen LogP) is 9.13. The van der Waals surface area contributed by atoms with Gasteiger partial charge < -0.3 is 5.32 Å². The monoisotopic (exact) mass is 597 g/mol. The van der Waals surface area contributed by atoms with Gasteiger partial charge in [0.15, 0.2) is 0 Å². The molecule has 0 bridgehead atoms. The standard InChI is InChI=1S/C25H13Cl3F3N3OS2/c26-16-10-18(28)19(11-17(16)27)33-23(35)22(13-5-2-1-3-6-13)37-24-14(12-32)15(25(29,30)31)9-20(34-24)21-7-4-8-36-21/h1-11,22H,(H,33,35)/t22-/m1/s1. The highest BCUT2D eigenvalue weighted by molar-refractivity contribution is 8.00. The van der Waals surface area contributed by atoms with E-state index in [9.17, 15) is 23.2 Å². The van der Waals surface area contributed by atoms with Gasteiger partial charge >= 0.3 is 6.18 Å². The number of carbonyl (C=O) groups excluding carboxylic acids is 1. The summed E-state index contributed by atoms with van der Waals surface area (Å²) in [6, 6.07) is 16.9. The van der Waals surface area contributed by atoms with Crippen LogP contribution >= 0.6 is 57.9 Å². The van der Waals surface area contributed by atoms with Crippen molar-refractivity contribution in [1.82, 2.24) is 4.98 Å². The lowest BCUT2D eigenvalue weighted by Gasteiger charge is -2.20. The van der Waals surface area contributed by atoms with E-state index in [1.54, 1.807) is 53.9 Å². The number of anilines is 1. The van der Waals surface area contributed by atoms with Crippen molar-refractivity contribution >= 4 is 69.5 Å². The highest BCUT2D eigenvalue weighted by atomic mass is 35.5. The Labute approximate surface area is 233 Å². The van der Waals surface area contributed by atoms with Crippen LogP contribution in [0.2, 0.25) is 15.1 Å². The van der Waals surface area contributed by atoms with Crippen molar-refractivity contribution in [3.63, 3.8) is 0 Å². The molecule has 0 aliphatic carbocycles. The number of aromatic nitrogens is 1. The molecule has 0 fully saturated rings. The minimum absolute atomic E-state index is 0.0450. The number of alkyl halides is 3. The van der Waals surface area contributed by atoms with Crippen molar-refractivity contribution in [3.8, 4) is 16.6 Å². The van der Waals surface area contributed by atoms with E-state index in [-0.39, 0.29) is 31.5 Å². The van der Waals surface area contributed by atoms with Crippen LogP contribution in [0.5, 0.6) is 0 Å². The van der Waals surface area contributed by atoms with Crippen LogP contribution in [0.4, 0.5) is 18.9 Å². The molecule has 2 aromatic carbocycles. The summed E-state index contributed by atoms with van der Waals surface area (Å²) in [6.45, 7) is 0. The van der Waals surface area contributed by atoms with E-state index < -0.39 is 28.5 Å². The molecule has 4 nitrogen and oxygen atoms in total. The summed E-state index contributed by atoms with van der Waals surface area (Å²) in [4.78, 5) is 18.3. The van der Waals surface area contributed by atoms with Crippen LogP contribution in [0.15, 0.2) is 71.1 Å². The van der Waals surface area contributed by atoms with Crippen molar-refractivity contribution < 1.29 is 18.0 Å². The van der Waals surface area contributed by atoms with E-state index in [1.807, 2.05) is 0 Å². The minimum atomic E-state index is -4.81. The van der Waals surface area contributed by atoms with Crippen molar-refractivity contribution in [2.24, 2.45) is 0 Å². The lowest BCUT2D eigenvalue weighted by Crippen LogP contribution is -2.20. The molecule has 0 saturated carbocycles. The number of nitrogens with one attached hydrogen (secondary N) is 1. The molecule has 0 saturated heterocycles. The number of nitriles is 1. The van der Waals surface area contributed by atoms with Crippen molar-refractivity contribution in [2.45, 2.75) is 16.5 Å². The third kappa shape index (κ3) is 6.22. The van der Waals surface area contributed by atoms with Crippen molar-refractivity contribution in [2.75, 3.05) is 5.32 Å². The molecule has 4 aromatic rings. The third-order valence-corrected chi connectivity index (χ3v) is 8.18. The molecule has 1 atom stereocenters. The lowest BCUT2D eigenvalue weighted by atomic mass is 10.1. The molecule has 0 radical (unpaired) electrons. The normalized spacial score (nSPS) is 12.1. The van der Waals surface area contributed by atoms with Crippen LogP contribution in [0, 0.1) is 11.3 Å². The Morgan fingerprint density at radius 2 is 1.73 bits per heavy atom. The van der Waals surface area contributed by atoms with Crippen LogP contribution in [0.25, 0.3) is 10.6 Å². The van der Waals surface area contributed by atoms with Crippen LogP contribution in [-0.2, 0) is 11.0 Å². The summed E-state index contributed by atoms with van der Waals surface area (Å²) < 4.78 is 41.9. The van der Waals surface area contributed by atoms with Crippen LogP contribution in [-0.4, -0.2) is 10.9 Å². The van der Waals surface area contributed by atoms with Gasteiger partial charge in [0.2, 0.25) is 5.91 Å². The van der Waals surface area contributed by atoms with E-state index in [0.29, 0.717) is 10.4 Å². The summed E-state index contributed by atoms with van der Waals surface area (Å²) in [5, 5.41) is 13.2. The summed E-state index contributed by atoms with van der Waals surface area (Å²) in [5.41, 5.74) is -1.11. The van der Waals surface area contributed by atoms with Gasteiger partial charge in [-0.3, -0.25) is 4.79 Å².